The highest BCUT2D eigenvalue weighted by molar-refractivity contribution is 5.78. The third-order valence-corrected chi connectivity index (χ3v) is 5.10. The molecule has 0 aliphatic heterocycles. The van der Waals surface area contributed by atoms with Crippen molar-refractivity contribution in [3.8, 4) is 17.2 Å². The second-order valence-electron chi connectivity index (χ2n) is 7.15. The Bertz CT molecular complexity index is 1160. The number of hydrogen-bond acceptors (Lipinski definition) is 6. The van der Waals surface area contributed by atoms with Crippen molar-refractivity contribution in [1.82, 2.24) is 0 Å². The van der Waals surface area contributed by atoms with Crippen molar-refractivity contribution in [2.75, 3.05) is 26.2 Å². The lowest BCUT2D eigenvalue weighted by atomic mass is 10.1. The molecule has 0 radical (unpaired) electrons. The summed E-state index contributed by atoms with van der Waals surface area (Å²) < 4.78 is 15.8. The van der Waals surface area contributed by atoms with Crippen LogP contribution < -0.4 is 19.1 Å². The van der Waals surface area contributed by atoms with E-state index in [2.05, 4.69) is 15.1 Å². The topological polar surface area (TPSA) is 55.7 Å². The van der Waals surface area contributed by atoms with E-state index in [0.717, 1.165) is 45.7 Å². The second kappa shape index (κ2) is 10.3. The lowest BCUT2D eigenvalue weighted by Crippen LogP contribution is -2.09. The average Bonchev–Trinajstić information content (AvgIpc) is 2.89. The minimum absolute atomic E-state index is 0.746. The molecule has 0 bridgehead atoms. The van der Waals surface area contributed by atoms with Gasteiger partial charge >= 0.3 is 0 Å². The Hall–Kier alpha value is -4.32. The van der Waals surface area contributed by atoms with Gasteiger partial charge in [0.2, 0.25) is 0 Å². The Morgan fingerprint density at radius 2 is 0.939 bits per heavy atom. The van der Waals surface area contributed by atoms with Crippen molar-refractivity contribution in [2.45, 2.75) is 0 Å². The van der Waals surface area contributed by atoms with Crippen LogP contribution in [0.25, 0.3) is 0 Å². The van der Waals surface area contributed by atoms with Crippen LogP contribution in [-0.2, 0) is 0 Å². The second-order valence-corrected chi connectivity index (χ2v) is 7.15. The molecule has 0 aliphatic rings. The first-order valence-corrected chi connectivity index (χ1v) is 10.4. The summed E-state index contributed by atoms with van der Waals surface area (Å²) in [4.78, 5) is 2.14. The fourth-order valence-corrected chi connectivity index (χ4v) is 3.37. The normalized spacial score (nSPS) is 10.8. The minimum Gasteiger partial charge on any atom is -0.497 e. The zero-order valence-electron chi connectivity index (χ0n) is 18.8. The predicted octanol–water partition coefficient (Wildman–Crippen LogP) is 7.60. The van der Waals surface area contributed by atoms with E-state index in [1.54, 1.807) is 21.3 Å². The first-order chi connectivity index (χ1) is 16.2. The summed E-state index contributed by atoms with van der Waals surface area (Å²) in [5.74, 6) is 2.39. The van der Waals surface area contributed by atoms with Gasteiger partial charge in [-0.25, -0.2) is 0 Å². The maximum atomic E-state index is 5.33. The molecule has 4 aromatic rings. The van der Waals surface area contributed by atoms with Crippen LogP contribution in [0.1, 0.15) is 0 Å². The summed E-state index contributed by atoms with van der Waals surface area (Å²) in [6.07, 6.45) is 0. The van der Waals surface area contributed by atoms with Gasteiger partial charge in [-0.1, -0.05) is 6.07 Å². The van der Waals surface area contributed by atoms with E-state index in [4.69, 9.17) is 14.2 Å². The molecule has 33 heavy (non-hydrogen) atoms. The molecule has 0 saturated heterocycles. The van der Waals surface area contributed by atoms with Crippen LogP contribution in [0, 0.1) is 0 Å². The molecule has 0 saturated carbocycles. The van der Waals surface area contributed by atoms with E-state index in [1.807, 2.05) is 97.1 Å². The Morgan fingerprint density at radius 3 is 1.42 bits per heavy atom. The van der Waals surface area contributed by atoms with Crippen LogP contribution in [0.4, 0.5) is 28.4 Å². The van der Waals surface area contributed by atoms with Gasteiger partial charge in [-0.15, -0.1) is 0 Å². The van der Waals surface area contributed by atoms with Gasteiger partial charge in [0.15, 0.2) is 0 Å². The van der Waals surface area contributed by atoms with E-state index >= 15 is 0 Å². The summed E-state index contributed by atoms with van der Waals surface area (Å²) in [6, 6.07) is 31.3. The number of nitrogens with zero attached hydrogens (tertiary/aromatic N) is 3. The summed E-state index contributed by atoms with van der Waals surface area (Å²) in [6.45, 7) is 0. The zero-order chi connectivity index (χ0) is 23.0. The van der Waals surface area contributed by atoms with Crippen molar-refractivity contribution in [2.24, 2.45) is 10.2 Å². The maximum absolute atomic E-state index is 5.33. The third kappa shape index (κ3) is 5.30. The molecular formula is C27H25N3O3. The lowest BCUT2D eigenvalue weighted by molar-refractivity contribution is 0.414. The molecule has 0 aromatic heterocycles. The van der Waals surface area contributed by atoms with Gasteiger partial charge in [0, 0.05) is 17.1 Å². The Labute approximate surface area is 193 Å². The number of ether oxygens (including phenoxy) is 3. The molecule has 0 atom stereocenters. The summed E-state index contributed by atoms with van der Waals surface area (Å²) in [7, 11) is 4.96. The van der Waals surface area contributed by atoms with E-state index in [9.17, 15) is 0 Å². The highest BCUT2D eigenvalue weighted by Gasteiger charge is 2.13. The number of rotatable bonds is 8. The number of benzene rings is 4. The van der Waals surface area contributed by atoms with E-state index in [-0.39, 0.29) is 0 Å². The molecule has 0 N–H and O–H groups in total. The van der Waals surface area contributed by atoms with Crippen molar-refractivity contribution >= 4 is 28.4 Å². The molecule has 0 heterocycles. The maximum Gasteiger partial charge on any atom is 0.119 e. The predicted molar refractivity (Wildman–Crippen MR) is 131 cm³/mol. The molecule has 166 valence electrons. The molecule has 0 amide bonds. The first-order valence-electron chi connectivity index (χ1n) is 10.4. The van der Waals surface area contributed by atoms with Crippen molar-refractivity contribution in [3.63, 3.8) is 0 Å². The van der Waals surface area contributed by atoms with Gasteiger partial charge in [-0.3, -0.25) is 0 Å². The van der Waals surface area contributed by atoms with Gasteiger partial charge in [0.25, 0.3) is 0 Å². The summed E-state index contributed by atoms with van der Waals surface area (Å²) in [5, 5.41) is 8.80. The van der Waals surface area contributed by atoms with Crippen LogP contribution in [0.3, 0.4) is 0 Å². The van der Waals surface area contributed by atoms with Gasteiger partial charge in [-0.05, 0) is 91.0 Å². The summed E-state index contributed by atoms with van der Waals surface area (Å²) in [5.41, 5.74) is 4.44. The first kappa shape index (κ1) is 21.9. The molecule has 4 rings (SSSR count). The largest absolute Gasteiger partial charge is 0.497 e. The highest BCUT2D eigenvalue weighted by Crippen LogP contribution is 2.37. The molecule has 4 aromatic carbocycles. The van der Waals surface area contributed by atoms with E-state index in [1.165, 1.54) is 0 Å². The van der Waals surface area contributed by atoms with Crippen LogP contribution >= 0.6 is 0 Å². The van der Waals surface area contributed by atoms with Gasteiger partial charge in [-0.2, -0.15) is 10.2 Å². The van der Waals surface area contributed by atoms with Crippen LogP contribution in [-0.4, -0.2) is 21.3 Å². The SMILES string of the molecule is COc1ccc(N=Nc2cccc(N(c3ccc(OC)cc3)c3ccc(OC)cc3)c2)cc1. The zero-order valence-corrected chi connectivity index (χ0v) is 18.8. The number of methoxy groups -OCH3 is 3. The smallest absolute Gasteiger partial charge is 0.119 e. The fourth-order valence-electron chi connectivity index (χ4n) is 3.37. The quantitative estimate of drug-likeness (QED) is 0.265. The van der Waals surface area contributed by atoms with Gasteiger partial charge < -0.3 is 19.1 Å². The van der Waals surface area contributed by atoms with Crippen LogP contribution in [0.15, 0.2) is 107 Å². The fraction of sp³-hybridized carbons (Fsp3) is 0.111. The number of azo groups is 1. The van der Waals surface area contributed by atoms with Crippen molar-refractivity contribution in [1.29, 1.82) is 0 Å². The standard InChI is InChI=1S/C27H25N3O3/c1-31-25-13-7-20(8-14-25)28-29-21-5-4-6-24(19-21)30(22-9-15-26(32-2)16-10-22)23-11-17-27(33-3)18-12-23/h4-19H,1-3H3. The average molecular weight is 440 g/mol. The molecule has 0 spiro atoms. The summed E-state index contributed by atoms with van der Waals surface area (Å²) >= 11 is 0. The molecule has 6 nitrogen and oxygen atoms in total. The number of anilines is 3. The Balaban J connectivity index is 1.69. The molecule has 6 heteroatoms. The highest BCUT2D eigenvalue weighted by atomic mass is 16.5. The van der Waals surface area contributed by atoms with Crippen LogP contribution in [0.5, 0.6) is 17.2 Å². The van der Waals surface area contributed by atoms with E-state index in [0.29, 0.717) is 0 Å². The molecule has 0 fully saturated rings. The minimum atomic E-state index is 0.746. The number of hydrogen-bond donors (Lipinski definition) is 0. The van der Waals surface area contributed by atoms with Gasteiger partial charge in [0.1, 0.15) is 17.2 Å². The molecular weight excluding hydrogens is 414 g/mol. The molecule has 0 aliphatic carbocycles. The van der Waals surface area contributed by atoms with Gasteiger partial charge in [0.05, 0.1) is 32.7 Å². The van der Waals surface area contributed by atoms with Crippen molar-refractivity contribution < 1.29 is 14.2 Å². The molecule has 0 unspecified atom stereocenters. The lowest BCUT2D eigenvalue weighted by Gasteiger charge is -2.26. The van der Waals surface area contributed by atoms with Crippen LogP contribution in [0.2, 0.25) is 0 Å². The Kier molecular flexibility index (Phi) is 6.85. The van der Waals surface area contributed by atoms with Crippen molar-refractivity contribution in [3.05, 3.63) is 97.1 Å². The monoisotopic (exact) mass is 439 g/mol. The Morgan fingerprint density at radius 1 is 0.485 bits per heavy atom. The third-order valence-electron chi connectivity index (χ3n) is 5.10. The van der Waals surface area contributed by atoms with E-state index < -0.39 is 0 Å².